The van der Waals surface area contributed by atoms with Crippen LogP contribution in [-0.2, 0) is 15.8 Å². The molecule has 4 rings (SSSR count). The maximum Gasteiger partial charge on any atom is 0.417 e. The van der Waals surface area contributed by atoms with Crippen LogP contribution in [-0.4, -0.2) is 67.0 Å². The van der Waals surface area contributed by atoms with Gasteiger partial charge in [-0.05, 0) is 64.1 Å². The summed E-state index contributed by atoms with van der Waals surface area (Å²) in [5, 5.41) is 5.93. The summed E-state index contributed by atoms with van der Waals surface area (Å²) in [6.45, 7) is 6.55. The molecule has 2 N–H and O–H groups in total. The fourth-order valence-electron chi connectivity index (χ4n) is 4.91. The van der Waals surface area contributed by atoms with Crippen molar-refractivity contribution in [3.05, 3.63) is 23.3 Å². The molecule has 0 spiro atoms. The normalized spacial score (nSPS) is 21.2. The van der Waals surface area contributed by atoms with Crippen LogP contribution in [0.1, 0.15) is 68.8 Å². The van der Waals surface area contributed by atoms with E-state index in [0.29, 0.717) is 19.0 Å². The molecule has 3 amide bonds. The smallest absolute Gasteiger partial charge is 0.417 e. The first-order chi connectivity index (χ1) is 17.4. The number of amides is 3. The Hall–Kier alpha value is -2.82. The molecule has 0 radical (unpaired) electrons. The summed E-state index contributed by atoms with van der Waals surface area (Å²) in [4.78, 5) is 41.6. The number of carbonyl (C=O) groups excluding carboxylic acids is 3. The van der Waals surface area contributed by atoms with E-state index in [0.717, 1.165) is 44.4 Å². The van der Waals surface area contributed by atoms with E-state index in [1.165, 1.54) is 18.7 Å². The molecule has 0 aromatic heterocycles. The van der Waals surface area contributed by atoms with Crippen LogP contribution in [0.3, 0.4) is 0 Å². The number of piperidine rings is 1. The summed E-state index contributed by atoms with van der Waals surface area (Å²) in [7, 11) is 0. The van der Waals surface area contributed by atoms with E-state index < -0.39 is 34.7 Å². The molecule has 1 atom stereocenters. The van der Waals surface area contributed by atoms with Crippen molar-refractivity contribution < 1.29 is 32.3 Å². The van der Waals surface area contributed by atoms with E-state index in [1.807, 2.05) is 0 Å². The predicted octanol–water partition coefficient (Wildman–Crippen LogP) is 3.34. The molecule has 1 aromatic rings. The fourth-order valence-corrected chi connectivity index (χ4v) is 4.91. The molecule has 8 nitrogen and oxygen atoms in total. The second-order valence-corrected chi connectivity index (χ2v) is 10.5. The zero-order valence-electron chi connectivity index (χ0n) is 21.5. The lowest BCUT2D eigenvalue weighted by molar-refractivity contribution is -0.138. The number of halogens is 3. The lowest BCUT2D eigenvalue weighted by Gasteiger charge is -2.40. The number of nitrogens with zero attached hydrogens (tertiary/aromatic N) is 2. The SMILES string of the molecule is CCC(=O)NCCN1C(=O)C(C)(C)Oc2cc(C(F)(F)F)c(C(=O)N(CC3CC3)C3CCCNC3)cc21. The number of carbonyl (C=O) groups is 3. The third-order valence-electron chi connectivity index (χ3n) is 7.15. The van der Waals surface area contributed by atoms with E-state index in [1.54, 1.807) is 11.8 Å². The highest BCUT2D eigenvalue weighted by molar-refractivity contribution is 6.05. The van der Waals surface area contributed by atoms with Crippen molar-refractivity contribution in [2.24, 2.45) is 5.92 Å². The third kappa shape index (κ3) is 6.02. The minimum atomic E-state index is -4.80. The minimum Gasteiger partial charge on any atom is -0.476 e. The molecule has 3 aliphatic rings. The molecule has 2 fully saturated rings. The lowest BCUT2D eigenvalue weighted by atomic mass is 9.97. The van der Waals surface area contributed by atoms with Gasteiger partial charge in [0.05, 0.1) is 16.8 Å². The summed E-state index contributed by atoms with van der Waals surface area (Å²) in [5.74, 6) is -1.19. The van der Waals surface area contributed by atoms with Crippen molar-refractivity contribution >= 4 is 23.4 Å². The molecule has 37 heavy (non-hydrogen) atoms. The summed E-state index contributed by atoms with van der Waals surface area (Å²) in [6.07, 6.45) is -1.07. The molecule has 2 aliphatic heterocycles. The molecule has 1 saturated heterocycles. The molecular weight excluding hydrogens is 489 g/mol. The average Bonchev–Trinajstić information content (AvgIpc) is 3.68. The number of nitrogens with one attached hydrogen (secondary N) is 2. The standard InChI is InChI=1S/C26H35F3N4O4/c1-4-22(34)31-10-11-32-20-12-18(19(26(27,28)29)13-21(20)37-25(2,3)24(32)36)23(35)33(15-16-7-8-16)17-6-5-9-30-14-17/h12-13,16-17,30H,4-11,14-15H2,1-3H3,(H,31,34). The van der Waals surface area contributed by atoms with E-state index in [-0.39, 0.29) is 42.9 Å². The molecule has 1 aromatic carbocycles. The number of benzene rings is 1. The summed E-state index contributed by atoms with van der Waals surface area (Å²) in [6, 6.07) is 1.78. The number of rotatable bonds is 8. The number of anilines is 1. The van der Waals surface area contributed by atoms with Crippen LogP contribution in [0.15, 0.2) is 12.1 Å². The highest BCUT2D eigenvalue weighted by Gasteiger charge is 2.45. The lowest BCUT2D eigenvalue weighted by Crippen LogP contribution is -2.54. The summed E-state index contributed by atoms with van der Waals surface area (Å²) in [5.41, 5.74) is -2.89. The van der Waals surface area contributed by atoms with Gasteiger partial charge in [0.1, 0.15) is 5.75 Å². The summed E-state index contributed by atoms with van der Waals surface area (Å²) >= 11 is 0. The monoisotopic (exact) mass is 524 g/mol. The minimum absolute atomic E-state index is 0.0295. The second kappa shape index (κ2) is 10.5. The van der Waals surface area contributed by atoms with Crippen LogP contribution >= 0.6 is 0 Å². The quantitative estimate of drug-likeness (QED) is 0.545. The Morgan fingerprint density at radius 1 is 1.24 bits per heavy atom. The van der Waals surface area contributed by atoms with Crippen molar-refractivity contribution in [3.63, 3.8) is 0 Å². The first-order valence-electron chi connectivity index (χ1n) is 13.0. The molecular formula is C26H35F3N4O4. The van der Waals surface area contributed by atoms with Gasteiger partial charge in [0.25, 0.3) is 11.8 Å². The molecule has 2 heterocycles. The number of alkyl halides is 3. The van der Waals surface area contributed by atoms with Gasteiger partial charge < -0.3 is 25.2 Å². The van der Waals surface area contributed by atoms with Crippen molar-refractivity contribution in [3.8, 4) is 5.75 Å². The topological polar surface area (TPSA) is 91.0 Å². The largest absolute Gasteiger partial charge is 0.476 e. The van der Waals surface area contributed by atoms with E-state index >= 15 is 0 Å². The van der Waals surface area contributed by atoms with E-state index in [9.17, 15) is 27.6 Å². The van der Waals surface area contributed by atoms with Gasteiger partial charge >= 0.3 is 6.18 Å². The zero-order chi connectivity index (χ0) is 27.0. The van der Waals surface area contributed by atoms with Gasteiger partial charge in [-0.25, -0.2) is 0 Å². The number of hydrogen-bond acceptors (Lipinski definition) is 5. The van der Waals surface area contributed by atoms with Crippen molar-refractivity contribution in [2.45, 2.75) is 70.7 Å². The van der Waals surface area contributed by atoms with Crippen LogP contribution in [0.4, 0.5) is 18.9 Å². The van der Waals surface area contributed by atoms with Gasteiger partial charge in [0.2, 0.25) is 5.91 Å². The number of hydrogen-bond donors (Lipinski definition) is 2. The molecule has 0 bridgehead atoms. The molecule has 11 heteroatoms. The third-order valence-corrected chi connectivity index (χ3v) is 7.15. The highest BCUT2D eigenvalue weighted by Crippen LogP contribution is 2.44. The Morgan fingerprint density at radius 2 is 1.97 bits per heavy atom. The fraction of sp³-hybridized carbons (Fsp3) is 0.654. The van der Waals surface area contributed by atoms with Crippen LogP contribution in [0.25, 0.3) is 0 Å². The maximum absolute atomic E-state index is 14.3. The first-order valence-corrected chi connectivity index (χ1v) is 13.0. The Balaban J connectivity index is 1.75. The van der Waals surface area contributed by atoms with E-state index in [2.05, 4.69) is 10.6 Å². The van der Waals surface area contributed by atoms with Crippen LogP contribution < -0.4 is 20.3 Å². The average molecular weight is 525 g/mol. The Kier molecular flexibility index (Phi) is 7.73. The maximum atomic E-state index is 14.3. The summed E-state index contributed by atoms with van der Waals surface area (Å²) < 4.78 is 48.6. The van der Waals surface area contributed by atoms with Gasteiger partial charge in [-0.15, -0.1) is 0 Å². The first kappa shape index (κ1) is 27.2. The zero-order valence-corrected chi connectivity index (χ0v) is 21.5. The van der Waals surface area contributed by atoms with Gasteiger partial charge in [-0.2, -0.15) is 13.2 Å². The Morgan fingerprint density at radius 3 is 2.57 bits per heavy atom. The Bertz CT molecular complexity index is 1050. The molecule has 1 aliphatic carbocycles. The van der Waals surface area contributed by atoms with E-state index in [4.69, 9.17) is 4.74 Å². The van der Waals surface area contributed by atoms with Crippen molar-refractivity contribution in [1.29, 1.82) is 0 Å². The number of fused-ring (bicyclic) bond motifs is 1. The van der Waals surface area contributed by atoms with Gasteiger partial charge in [0.15, 0.2) is 5.60 Å². The highest BCUT2D eigenvalue weighted by atomic mass is 19.4. The number of ether oxygens (including phenoxy) is 1. The van der Waals surface area contributed by atoms with Crippen LogP contribution in [0.2, 0.25) is 0 Å². The molecule has 1 saturated carbocycles. The molecule has 1 unspecified atom stereocenters. The Labute approximate surface area is 214 Å². The second-order valence-electron chi connectivity index (χ2n) is 10.5. The van der Waals surface area contributed by atoms with Crippen LogP contribution in [0, 0.1) is 5.92 Å². The van der Waals surface area contributed by atoms with Gasteiger partial charge in [-0.3, -0.25) is 14.4 Å². The molecule has 204 valence electrons. The van der Waals surface area contributed by atoms with Crippen molar-refractivity contribution in [1.82, 2.24) is 15.5 Å². The van der Waals surface area contributed by atoms with Crippen molar-refractivity contribution in [2.75, 3.05) is 37.6 Å². The van der Waals surface area contributed by atoms with Gasteiger partial charge in [-0.1, -0.05) is 6.92 Å². The van der Waals surface area contributed by atoms with Gasteiger partial charge in [0, 0.05) is 38.6 Å². The van der Waals surface area contributed by atoms with Crippen LogP contribution in [0.5, 0.6) is 5.75 Å². The predicted molar refractivity (Wildman–Crippen MR) is 131 cm³/mol.